The van der Waals surface area contributed by atoms with Gasteiger partial charge in [-0.2, -0.15) is 0 Å². The maximum Gasteiger partial charge on any atom is 0.253 e. The van der Waals surface area contributed by atoms with Crippen LogP contribution in [0.4, 0.5) is 5.69 Å². The van der Waals surface area contributed by atoms with Crippen LogP contribution in [0, 0.1) is 19.8 Å². The number of aromatic hydroxyl groups is 1. The van der Waals surface area contributed by atoms with Gasteiger partial charge in [-0.3, -0.25) is 14.4 Å². The van der Waals surface area contributed by atoms with Crippen molar-refractivity contribution >= 4 is 40.5 Å². The number of anilines is 1. The van der Waals surface area contributed by atoms with Gasteiger partial charge in [-0.25, -0.2) is 0 Å². The fourth-order valence-corrected chi connectivity index (χ4v) is 9.73. The van der Waals surface area contributed by atoms with E-state index in [2.05, 4.69) is 57.2 Å². The summed E-state index contributed by atoms with van der Waals surface area (Å²) in [6.07, 6.45) is 9.66. The molecular formula is C48H63N9O5. The second-order valence-corrected chi connectivity index (χ2v) is 17.3. The number of aromatic nitrogens is 1. The fraction of sp³-hybridized carbons (Fsp3) is 0.438. The number of nitrogens with zero attached hydrogens (tertiary/aromatic N) is 4. The second kappa shape index (κ2) is 19.8. The lowest BCUT2D eigenvalue weighted by Gasteiger charge is -2.40. The van der Waals surface area contributed by atoms with Crippen molar-refractivity contribution in [3.63, 3.8) is 0 Å². The molecular weight excluding hydrogens is 783 g/mol. The number of likely N-dealkylation sites (tertiary alicyclic amines) is 3. The highest BCUT2D eigenvalue weighted by Crippen LogP contribution is 2.35. The normalized spacial score (nSPS) is 19.4. The number of nitrogens with one attached hydrogen (secondary N) is 2. The number of phenolic OH excluding ortho intramolecular Hbond substituents is 1. The Morgan fingerprint density at radius 1 is 0.903 bits per heavy atom. The Hall–Kier alpha value is -5.99. The molecule has 4 heterocycles. The Labute approximate surface area is 364 Å². The minimum Gasteiger partial charge on any atom is -0.507 e. The third-order valence-corrected chi connectivity index (χ3v) is 13.1. The van der Waals surface area contributed by atoms with Gasteiger partial charge in [0.15, 0.2) is 0 Å². The van der Waals surface area contributed by atoms with Crippen LogP contribution >= 0.6 is 0 Å². The number of fused-ring (bicyclic) bond motifs is 1. The first-order chi connectivity index (χ1) is 29.9. The van der Waals surface area contributed by atoms with Crippen LogP contribution in [-0.2, 0) is 14.3 Å². The maximum atomic E-state index is 13.9. The Morgan fingerprint density at radius 2 is 1.66 bits per heavy atom. The zero-order valence-electron chi connectivity index (χ0n) is 36.3. The molecule has 3 fully saturated rings. The Bertz CT molecular complexity index is 2300. The number of allylic oxidation sites excluding steroid dienone is 1. The number of piperidine rings is 3. The summed E-state index contributed by atoms with van der Waals surface area (Å²) in [5.74, 6) is 0.820. The summed E-state index contributed by atoms with van der Waals surface area (Å²) in [6.45, 7) is 10.4. The van der Waals surface area contributed by atoms with Gasteiger partial charge in [0, 0.05) is 117 Å². The number of amides is 3. The summed E-state index contributed by atoms with van der Waals surface area (Å²) in [4.78, 5) is 43.4. The van der Waals surface area contributed by atoms with E-state index in [1.807, 2.05) is 35.2 Å². The van der Waals surface area contributed by atoms with E-state index in [0.29, 0.717) is 60.5 Å². The molecule has 0 aliphatic carbocycles. The summed E-state index contributed by atoms with van der Waals surface area (Å²) in [5, 5.41) is 17.0. The lowest BCUT2D eigenvalue weighted by molar-refractivity contribution is -0.116. The summed E-state index contributed by atoms with van der Waals surface area (Å²) < 4.78 is 8.31. The van der Waals surface area contributed by atoms with E-state index in [-0.39, 0.29) is 41.8 Å². The van der Waals surface area contributed by atoms with Crippen molar-refractivity contribution in [3.8, 4) is 5.75 Å². The lowest BCUT2D eigenvalue weighted by atomic mass is 9.85. The molecule has 4 aromatic rings. The molecule has 0 radical (unpaired) electrons. The number of para-hydroxylation sites is 1. The molecule has 2 unspecified atom stereocenters. The van der Waals surface area contributed by atoms with Gasteiger partial charge in [0.2, 0.25) is 12.3 Å². The topological polar surface area (TPSA) is 197 Å². The van der Waals surface area contributed by atoms with Crippen LogP contribution in [0.3, 0.4) is 0 Å². The average molecular weight is 846 g/mol. The van der Waals surface area contributed by atoms with Gasteiger partial charge in [-0.05, 0) is 117 Å². The second-order valence-electron chi connectivity index (χ2n) is 17.3. The molecule has 3 aliphatic rings. The van der Waals surface area contributed by atoms with E-state index in [0.717, 1.165) is 87.0 Å². The van der Waals surface area contributed by atoms with Crippen LogP contribution in [0.5, 0.6) is 5.75 Å². The number of benzene rings is 3. The number of phenols is 1. The number of nitrogens with two attached hydrogens (primary N) is 3. The molecule has 3 aromatic carbocycles. The van der Waals surface area contributed by atoms with Gasteiger partial charge in [0.1, 0.15) is 11.6 Å². The molecule has 1 aromatic heterocycles. The minimum absolute atomic E-state index is 0.0769. The smallest absolute Gasteiger partial charge is 0.253 e. The fourth-order valence-electron chi connectivity index (χ4n) is 9.73. The molecule has 330 valence electrons. The molecule has 0 bridgehead atoms. The van der Waals surface area contributed by atoms with E-state index >= 15 is 0 Å². The van der Waals surface area contributed by atoms with Crippen molar-refractivity contribution in [1.29, 1.82) is 0 Å². The number of hydrogen-bond acceptors (Lipinski definition) is 10. The Morgan fingerprint density at radius 3 is 2.35 bits per heavy atom. The van der Waals surface area contributed by atoms with Crippen molar-refractivity contribution in [1.82, 2.24) is 24.6 Å². The summed E-state index contributed by atoms with van der Waals surface area (Å²) in [6, 6.07) is 19.5. The molecule has 3 aliphatic heterocycles. The van der Waals surface area contributed by atoms with Gasteiger partial charge < -0.3 is 56.9 Å². The van der Waals surface area contributed by atoms with Gasteiger partial charge in [-0.1, -0.05) is 18.2 Å². The maximum absolute atomic E-state index is 13.9. The standard InChI is InChI=1S/C48H63N9O5/c1-31-22-34(8-10-39(31)35-23-38(62-3)29-56(28-35)44(47(50)51)25-42(49)40-6-4-5-7-45(40)59)48(61)55-20-13-33(14-21-55)27-54-18-15-37(16-19-54)57-26-32(2)41-24-36(9-11-43(41)57)53-46(60)12-17-52-30-58/h4-11,22,24-26,30,33,35,37-38,59H,12-21,23,27-29,49-51H2,1-3H3,(H,52,58)(H,53,60)/b42-25-. The third-order valence-electron chi connectivity index (χ3n) is 13.1. The van der Waals surface area contributed by atoms with Crippen LogP contribution in [0.1, 0.15) is 83.1 Å². The van der Waals surface area contributed by atoms with E-state index in [4.69, 9.17) is 21.9 Å². The molecule has 14 nitrogen and oxygen atoms in total. The quantitative estimate of drug-likeness (QED) is 0.0563. The molecule has 3 amide bonds. The number of methoxy groups -OCH3 is 1. The van der Waals surface area contributed by atoms with Crippen molar-refractivity contribution in [3.05, 3.63) is 112 Å². The zero-order chi connectivity index (χ0) is 43.9. The first-order valence-electron chi connectivity index (χ1n) is 21.9. The van der Waals surface area contributed by atoms with Crippen molar-refractivity contribution < 1.29 is 24.2 Å². The number of carbonyl (C=O) groups is 3. The minimum atomic E-state index is -0.127. The highest BCUT2D eigenvalue weighted by atomic mass is 16.5. The number of carbonyl (C=O) groups excluding carboxylic acids is 3. The molecule has 9 N–H and O–H groups in total. The number of ether oxygens (including phenoxy) is 1. The van der Waals surface area contributed by atoms with Crippen LogP contribution in [0.25, 0.3) is 16.6 Å². The van der Waals surface area contributed by atoms with Crippen LogP contribution in [-0.4, -0.2) is 108 Å². The van der Waals surface area contributed by atoms with Gasteiger partial charge >= 0.3 is 0 Å². The molecule has 14 heteroatoms. The van der Waals surface area contributed by atoms with Crippen LogP contribution in [0.15, 0.2) is 84.5 Å². The summed E-state index contributed by atoms with van der Waals surface area (Å²) >= 11 is 0. The highest BCUT2D eigenvalue weighted by Gasteiger charge is 2.32. The molecule has 62 heavy (non-hydrogen) atoms. The Balaban J connectivity index is 0.908. The van der Waals surface area contributed by atoms with E-state index < -0.39 is 0 Å². The van der Waals surface area contributed by atoms with Crippen molar-refractivity contribution in [2.24, 2.45) is 23.1 Å². The number of aryl methyl sites for hydroxylation is 2. The van der Waals surface area contributed by atoms with E-state index in [1.165, 1.54) is 11.1 Å². The lowest BCUT2D eigenvalue weighted by Crippen LogP contribution is -2.44. The predicted molar refractivity (Wildman–Crippen MR) is 244 cm³/mol. The summed E-state index contributed by atoms with van der Waals surface area (Å²) in [7, 11) is 1.71. The largest absolute Gasteiger partial charge is 0.507 e. The van der Waals surface area contributed by atoms with Gasteiger partial charge in [0.05, 0.1) is 11.8 Å². The van der Waals surface area contributed by atoms with Crippen LogP contribution in [0.2, 0.25) is 0 Å². The van der Waals surface area contributed by atoms with Crippen molar-refractivity contribution in [2.45, 2.75) is 70.4 Å². The number of hydrogen-bond donors (Lipinski definition) is 6. The van der Waals surface area contributed by atoms with Crippen LogP contribution < -0.4 is 27.8 Å². The van der Waals surface area contributed by atoms with Gasteiger partial charge in [0.25, 0.3) is 5.91 Å². The SMILES string of the molecule is COC1CC(c2ccc(C(=O)N3CCC(CN4CCC(n5cc(C)c6cc(NC(=O)CCNC=O)ccc65)CC4)CC3)cc2C)CN(C(/C=C(\N)c2ccccc2O)=C(N)N)C1. The van der Waals surface area contributed by atoms with Crippen molar-refractivity contribution in [2.75, 3.05) is 64.8 Å². The monoisotopic (exact) mass is 845 g/mol. The molecule has 0 spiro atoms. The zero-order valence-corrected chi connectivity index (χ0v) is 36.3. The number of rotatable bonds is 14. The van der Waals surface area contributed by atoms with E-state index in [9.17, 15) is 19.5 Å². The summed E-state index contributed by atoms with van der Waals surface area (Å²) in [5.41, 5.74) is 26.4. The Kier molecular flexibility index (Phi) is 14.1. The average Bonchev–Trinajstić information content (AvgIpc) is 3.60. The first-order valence-corrected chi connectivity index (χ1v) is 21.9. The van der Waals surface area contributed by atoms with Gasteiger partial charge in [-0.15, -0.1) is 0 Å². The molecule has 0 saturated carbocycles. The van der Waals surface area contributed by atoms with E-state index in [1.54, 1.807) is 31.4 Å². The molecule has 2 atom stereocenters. The molecule has 3 saturated heterocycles. The molecule has 7 rings (SSSR count). The highest BCUT2D eigenvalue weighted by molar-refractivity contribution is 5.95. The predicted octanol–water partition coefficient (Wildman–Crippen LogP) is 5.12. The first kappa shape index (κ1) is 44.1. The third kappa shape index (κ3) is 10.2.